The molecule has 110 valence electrons. The summed E-state index contributed by atoms with van der Waals surface area (Å²) in [6.45, 7) is 5.12. The Morgan fingerprint density at radius 2 is 2.00 bits per heavy atom. The first-order valence-corrected chi connectivity index (χ1v) is 6.21. The van der Waals surface area contributed by atoms with Crippen molar-refractivity contribution in [2.24, 2.45) is 11.1 Å². The molecule has 19 heavy (non-hydrogen) atoms. The molecule has 1 fully saturated rings. The lowest BCUT2D eigenvalue weighted by Crippen LogP contribution is -2.56. The Kier molecular flexibility index (Phi) is 4.52. The quantitative estimate of drug-likeness (QED) is 0.603. The average Bonchev–Trinajstić information content (AvgIpc) is 2.62. The Bertz CT molecular complexity index is 370. The van der Waals surface area contributed by atoms with Gasteiger partial charge in [0.1, 0.15) is 12.1 Å². The standard InChI is InChI=1S/C12H22FN3O3/c1-12(2,3)9(14)11(19)16-5-6(17)7(13)8(16)10(18)15-4/h6-9,17H,5,14H2,1-4H3,(H,15,18)/t6-,7?,8-,9?/m0/s1. The maximum atomic E-state index is 13.8. The molecule has 0 aromatic rings. The zero-order chi connectivity index (χ0) is 15.0. The Balaban J connectivity index is 2.98. The topological polar surface area (TPSA) is 95.7 Å². The van der Waals surface area contributed by atoms with Crippen molar-refractivity contribution in [1.29, 1.82) is 0 Å². The van der Waals surface area contributed by atoms with Crippen LogP contribution >= 0.6 is 0 Å². The monoisotopic (exact) mass is 275 g/mol. The molecule has 4 N–H and O–H groups in total. The van der Waals surface area contributed by atoms with Crippen LogP contribution in [0.2, 0.25) is 0 Å². The van der Waals surface area contributed by atoms with Gasteiger partial charge in [-0.2, -0.15) is 0 Å². The molecule has 0 saturated carbocycles. The summed E-state index contributed by atoms with van der Waals surface area (Å²) >= 11 is 0. The number of rotatable bonds is 2. The van der Waals surface area contributed by atoms with Crippen molar-refractivity contribution in [2.45, 2.75) is 45.1 Å². The maximum Gasteiger partial charge on any atom is 0.245 e. The van der Waals surface area contributed by atoms with E-state index in [-0.39, 0.29) is 6.54 Å². The summed E-state index contributed by atoms with van der Waals surface area (Å²) in [6.07, 6.45) is -3.16. The molecule has 1 heterocycles. The highest BCUT2D eigenvalue weighted by molar-refractivity contribution is 5.91. The van der Waals surface area contributed by atoms with E-state index in [0.717, 1.165) is 4.90 Å². The fourth-order valence-corrected chi connectivity index (χ4v) is 2.01. The molecule has 7 heteroatoms. The van der Waals surface area contributed by atoms with E-state index in [1.807, 2.05) is 0 Å². The summed E-state index contributed by atoms with van der Waals surface area (Å²) in [4.78, 5) is 24.9. The van der Waals surface area contributed by atoms with Crippen LogP contribution in [0.5, 0.6) is 0 Å². The van der Waals surface area contributed by atoms with E-state index in [1.54, 1.807) is 20.8 Å². The van der Waals surface area contributed by atoms with Crippen molar-refractivity contribution in [3.8, 4) is 0 Å². The number of carbonyl (C=O) groups excluding carboxylic acids is 2. The van der Waals surface area contributed by atoms with Gasteiger partial charge in [0.15, 0.2) is 6.17 Å². The van der Waals surface area contributed by atoms with Crippen LogP contribution in [0.1, 0.15) is 20.8 Å². The highest BCUT2D eigenvalue weighted by Gasteiger charge is 2.49. The molecule has 1 rings (SSSR count). The zero-order valence-corrected chi connectivity index (χ0v) is 11.7. The number of hydrogen-bond acceptors (Lipinski definition) is 4. The number of nitrogens with zero attached hydrogens (tertiary/aromatic N) is 1. The van der Waals surface area contributed by atoms with Crippen molar-refractivity contribution in [3.05, 3.63) is 0 Å². The zero-order valence-electron chi connectivity index (χ0n) is 11.7. The summed E-state index contributed by atoms with van der Waals surface area (Å²) in [5.41, 5.74) is 5.33. The molecule has 0 radical (unpaired) electrons. The Morgan fingerprint density at radius 1 is 1.47 bits per heavy atom. The summed E-state index contributed by atoms with van der Waals surface area (Å²) < 4.78 is 13.8. The largest absolute Gasteiger partial charge is 0.388 e. The molecule has 2 unspecified atom stereocenters. The molecule has 0 bridgehead atoms. The van der Waals surface area contributed by atoms with Crippen molar-refractivity contribution in [1.82, 2.24) is 10.2 Å². The van der Waals surface area contributed by atoms with Gasteiger partial charge >= 0.3 is 0 Å². The van der Waals surface area contributed by atoms with Crippen LogP contribution in [0.15, 0.2) is 0 Å². The average molecular weight is 275 g/mol. The summed E-state index contributed by atoms with van der Waals surface area (Å²) in [5.74, 6) is -1.17. The van der Waals surface area contributed by atoms with E-state index in [0.29, 0.717) is 0 Å². The van der Waals surface area contributed by atoms with Crippen LogP contribution in [0.25, 0.3) is 0 Å². The molecule has 0 aromatic heterocycles. The molecular weight excluding hydrogens is 253 g/mol. The number of β-amino-alcohol motifs (C(OH)–C–C–N with tert-alkyl or cyclic N) is 1. The molecule has 0 spiro atoms. The minimum Gasteiger partial charge on any atom is -0.388 e. The SMILES string of the molecule is CNC(=O)[C@@H]1C(F)[C@@H](O)CN1C(=O)C(N)C(C)(C)C. The van der Waals surface area contributed by atoms with Gasteiger partial charge in [0.2, 0.25) is 11.8 Å². The number of aliphatic hydroxyl groups is 1. The highest BCUT2D eigenvalue weighted by atomic mass is 19.1. The Morgan fingerprint density at radius 3 is 2.42 bits per heavy atom. The molecule has 1 saturated heterocycles. The highest BCUT2D eigenvalue weighted by Crippen LogP contribution is 2.26. The molecule has 6 nitrogen and oxygen atoms in total. The molecule has 2 amide bonds. The molecule has 4 atom stereocenters. The third-order valence-corrected chi connectivity index (χ3v) is 3.39. The second-order valence-electron chi connectivity index (χ2n) is 5.91. The summed E-state index contributed by atoms with van der Waals surface area (Å²) in [5, 5.41) is 11.8. The number of carbonyl (C=O) groups is 2. The van der Waals surface area contributed by atoms with Gasteiger partial charge in [-0.15, -0.1) is 0 Å². The number of likely N-dealkylation sites (N-methyl/N-ethyl adjacent to an activating group) is 1. The number of nitrogens with one attached hydrogen (secondary N) is 1. The van der Waals surface area contributed by atoms with Gasteiger partial charge in [0, 0.05) is 7.05 Å². The van der Waals surface area contributed by atoms with E-state index in [2.05, 4.69) is 5.32 Å². The van der Waals surface area contributed by atoms with Gasteiger partial charge < -0.3 is 21.1 Å². The number of likely N-dealkylation sites (tertiary alicyclic amines) is 1. The maximum absolute atomic E-state index is 13.8. The predicted molar refractivity (Wildman–Crippen MR) is 67.9 cm³/mol. The van der Waals surface area contributed by atoms with Crippen LogP contribution in [0.3, 0.4) is 0 Å². The lowest BCUT2D eigenvalue weighted by Gasteiger charge is -2.32. The number of nitrogens with two attached hydrogens (primary N) is 1. The first-order valence-electron chi connectivity index (χ1n) is 6.21. The molecule has 0 aliphatic carbocycles. The van der Waals surface area contributed by atoms with Gasteiger partial charge in [0.25, 0.3) is 0 Å². The fraction of sp³-hybridized carbons (Fsp3) is 0.833. The molecular formula is C12H22FN3O3. The van der Waals surface area contributed by atoms with Gasteiger partial charge in [0.05, 0.1) is 12.6 Å². The molecule has 1 aliphatic heterocycles. The van der Waals surface area contributed by atoms with E-state index in [9.17, 15) is 19.1 Å². The van der Waals surface area contributed by atoms with Crippen LogP contribution < -0.4 is 11.1 Å². The van der Waals surface area contributed by atoms with Crippen LogP contribution in [0.4, 0.5) is 4.39 Å². The second kappa shape index (κ2) is 5.42. The third kappa shape index (κ3) is 3.03. The molecule has 1 aliphatic rings. The van der Waals surface area contributed by atoms with Gasteiger partial charge in [-0.05, 0) is 5.41 Å². The lowest BCUT2D eigenvalue weighted by molar-refractivity contribution is -0.142. The summed E-state index contributed by atoms with van der Waals surface area (Å²) in [6, 6.07) is -2.18. The number of amides is 2. The number of hydrogen-bond donors (Lipinski definition) is 3. The first-order chi connectivity index (χ1) is 8.61. The Labute approximate surface area is 112 Å². The first kappa shape index (κ1) is 15.8. The van der Waals surface area contributed by atoms with E-state index in [1.165, 1.54) is 7.05 Å². The fourth-order valence-electron chi connectivity index (χ4n) is 2.01. The van der Waals surface area contributed by atoms with Gasteiger partial charge in [-0.25, -0.2) is 4.39 Å². The third-order valence-electron chi connectivity index (χ3n) is 3.39. The lowest BCUT2D eigenvalue weighted by atomic mass is 9.86. The smallest absolute Gasteiger partial charge is 0.245 e. The minimum atomic E-state index is -1.80. The Hall–Kier alpha value is -1.21. The van der Waals surface area contributed by atoms with Crippen molar-refractivity contribution < 1.29 is 19.1 Å². The van der Waals surface area contributed by atoms with Crippen LogP contribution in [0, 0.1) is 5.41 Å². The number of aliphatic hydroxyl groups excluding tert-OH is 1. The van der Waals surface area contributed by atoms with Crippen molar-refractivity contribution in [2.75, 3.05) is 13.6 Å². The van der Waals surface area contributed by atoms with Gasteiger partial charge in [-0.1, -0.05) is 20.8 Å². The summed E-state index contributed by atoms with van der Waals surface area (Å²) in [7, 11) is 1.35. The number of halogens is 1. The molecule has 0 aromatic carbocycles. The van der Waals surface area contributed by atoms with Crippen molar-refractivity contribution >= 4 is 11.8 Å². The normalized spacial score (nSPS) is 29.2. The van der Waals surface area contributed by atoms with E-state index in [4.69, 9.17) is 5.73 Å². The second-order valence-corrected chi connectivity index (χ2v) is 5.91. The van der Waals surface area contributed by atoms with Crippen molar-refractivity contribution in [3.63, 3.8) is 0 Å². The van der Waals surface area contributed by atoms with Crippen LogP contribution in [-0.2, 0) is 9.59 Å². The van der Waals surface area contributed by atoms with Crippen LogP contribution in [-0.4, -0.2) is 59.8 Å². The minimum absolute atomic E-state index is 0.220. The van der Waals surface area contributed by atoms with E-state index >= 15 is 0 Å². The number of alkyl halides is 1. The predicted octanol–water partition coefficient (Wildman–Crippen LogP) is -0.984. The van der Waals surface area contributed by atoms with Gasteiger partial charge in [-0.3, -0.25) is 9.59 Å². The van der Waals surface area contributed by atoms with E-state index < -0.39 is 41.6 Å².